The molecule has 12 rings (SSSR count). The molecule has 0 radical (unpaired) electrons. The van der Waals surface area contributed by atoms with E-state index in [0.717, 1.165) is 100 Å². The summed E-state index contributed by atoms with van der Waals surface area (Å²) in [5.74, 6) is 1.38. The highest BCUT2D eigenvalue weighted by Gasteiger charge is 2.26. The minimum Gasteiger partial charge on any atom is -0.344 e. The van der Waals surface area contributed by atoms with Crippen LogP contribution in [-0.2, 0) is 0 Å². The zero-order chi connectivity index (χ0) is 46.1. The van der Waals surface area contributed by atoms with Gasteiger partial charge in [-0.25, -0.2) is 14.8 Å². The third-order valence-corrected chi connectivity index (χ3v) is 13.1. The summed E-state index contributed by atoms with van der Waals surface area (Å²) in [7, 11) is 0. The van der Waals surface area contributed by atoms with Gasteiger partial charge in [-0.3, -0.25) is 0 Å². The SMILES string of the molecule is [C-]#[N+]c1ccc2c(c1)c1cc(-c3ccccc3)ccc1n2-c1c(-c2ccccc2)cc(C2=NC(c3ccc(-c4ccccc4)cc3)=NC(c3ccc(-c4ccccc4)cc3)N2)cc1-c1ccccc1. The number of hydrogen-bond acceptors (Lipinski definition) is 3. The maximum atomic E-state index is 8.01. The van der Waals surface area contributed by atoms with Crippen molar-refractivity contribution in [1.82, 2.24) is 9.88 Å². The average Bonchev–Trinajstić information content (AvgIpc) is 3.76. The van der Waals surface area contributed by atoms with Crippen LogP contribution in [0.15, 0.2) is 259 Å². The number of aliphatic imine (C=N–C) groups is 2. The predicted molar refractivity (Wildman–Crippen MR) is 286 cm³/mol. The first-order chi connectivity index (χ1) is 34.1. The van der Waals surface area contributed by atoms with Crippen LogP contribution in [0.5, 0.6) is 0 Å². The number of fused-ring (bicyclic) bond motifs is 3. The van der Waals surface area contributed by atoms with Gasteiger partial charge in [0.15, 0.2) is 11.5 Å². The summed E-state index contributed by atoms with van der Waals surface area (Å²) in [6.07, 6.45) is -0.418. The molecule has 0 amide bonds. The van der Waals surface area contributed by atoms with Crippen molar-refractivity contribution in [2.24, 2.45) is 9.98 Å². The van der Waals surface area contributed by atoms with E-state index in [4.69, 9.17) is 16.6 Å². The number of benzene rings is 10. The van der Waals surface area contributed by atoms with Crippen LogP contribution in [0.4, 0.5) is 5.69 Å². The van der Waals surface area contributed by atoms with Crippen molar-refractivity contribution in [3.8, 4) is 61.3 Å². The maximum absolute atomic E-state index is 8.01. The monoisotopic (exact) mass is 881 g/mol. The zero-order valence-corrected chi connectivity index (χ0v) is 37.5. The van der Waals surface area contributed by atoms with Crippen molar-refractivity contribution in [1.29, 1.82) is 0 Å². The highest BCUT2D eigenvalue weighted by Crippen LogP contribution is 2.44. The van der Waals surface area contributed by atoms with E-state index in [-0.39, 0.29) is 0 Å². The van der Waals surface area contributed by atoms with E-state index in [1.54, 1.807) is 0 Å². The molecule has 0 bridgehead atoms. The van der Waals surface area contributed by atoms with Crippen LogP contribution < -0.4 is 5.32 Å². The number of hydrogen-bond donors (Lipinski definition) is 1. The van der Waals surface area contributed by atoms with Crippen LogP contribution >= 0.6 is 0 Å². The predicted octanol–water partition coefficient (Wildman–Crippen LogP) is 16.2. The summed E-state index contributed by atoms with van der Waals surface area (Å²) in [4.78, 5) is 14.6. The van der Waals surface area contributed by atoms with Crippen molar-refractivity contribution in [3.63, 3.8) is 0 Å². The number of amidine groups is 2. The van der Waals surface area contributed by atoms with Crippen molar-refractivity contribution >= 4 is 39.2 Å². The normalized spacial score (nSPS) is 13.3. The summed E-state index contributed by atoms with van der Waals surface area (Å²) in [5, 5.41) is 5.92. The van der Waals surface area contributed by atoms with E-state index in [1.807, 2.05) is 30.3 Å². The van der Waals surface area contributed by atoms with Gasteiger partial charge in [0, 0.05) is 27.6 Å². The first-order valence-corrected chi connectivity index (χ1v) is 23.2. The molecule has 1 N–H and O–H groups in total. The second-order valence-electron chi connectivity index (χ2n) is 17.3. The van der Waals surface area contributed by atoms with E-state index in [2.05, 4.69) is 233 Å². The summed E-state index contributed by atoms with van der Waals surface area (Å²) in [6, 6.07) is 87.3. The minimum atomic E-state index is -0.418. The second-order valence-corrected chi connectivity index (χ2v) is 17.3. The van der Waals surface area contributed by atoms with Gasteiger partial charge in [0.2, 0.25) is 0 Å². The Labute approximate surface area is 401 Å². The molecular weight excluding hydrogens is 839 g/mol. The minimum absolute atomic E-state index is 0.418. The third kappa shape index (κ3) is 7.86. The highest BCUT2D eigenvalue weighted by atomic mass is 15.2. The van der Waals surface area contributed by atoms with Crippen molar-refractivity contribution in [3.05, 3.63) is 277 Å². The topological polar surface area (TPSA) is 46.0 Å². The molecule has 1 aromatic heterocycles. The summed E-state index contributed by atoms with van der Waals surface area (Å²) >= 11 is 0. The lowest BCUT2D eigenvalue weighted by molar-refractivity contribution is 0.674. The Kier molecular flexibility index (Phi) is 10.6. The van der Waals surface area contributed by atoms with Crippen LogP contribution in [0.2, 0.25) is 0 Å². The van der Waals surface area contributed by atoms with Gasteiger partial charge in [-0.15, -0.1) is 0 Å². The van der Waals surface area contributed by atoms with E-state index in [9.17, 15) is 0 Å². The molecule has 5 heteroatoms. The van der Waals surface area contributed by atoms with Gasteiger partial charge >= 0.3 is 0 Å². The molecule has 0 saturated carbocycles. The Morgan fingerprint density at radius 3 is 1.33 bits per heavy atom. The van der Waals surface area contributed by atoms with Crippen LogP contribution in [0.3, 0.4) is 0 Å². The van der Waals surface area contributed by atoms with E-state index < -0.39 is 6.17 Å². The average molecular weight is 882 g/mol. The number of nitrogens with zero attached hydrogens (tertiary/aromatic N) is 4. The molecule has 0 fully saturated rings. The van der Waals surface area contributed by atoms with Crippen LogP contribution in [0.1, 0.15) is 22.9 Å². The summed E-state index contributed by atoms with van der Waals surface area (Å²) < 4.78 is 2.40. The van der Waals surface area contributed by atoms with Crippen molar-refractivity contribution in [2.45, 2.75) is 6.17 Å². The first kappa shape index (κ1) is 41.1. The van der Waals surface area contributed by atoms with E-state index in [1.165, 1.54) is 5.56 Å². The lowest BCUT2D eigenvalue weighted by atomic mass is 9.92. The molecule has 5 nitrogen and oxygen atoms in total. The van der Waals surface area contributed by atoms with Gasteiger partial charge in [0.1, 0.15) is 12.0 Å². The zero-order valence-electron chi connectivity index (χ0n) is 37.5. The molecule has 1 atom stereocenters. The van der Waals surface area contributed by atoms with Gasteiger partial charge in [-0.1, -0.05) is 212 Å². The summed E-state index contributed by atoms with van der Waals surface area (Å²) in [6.45, 7) is 8.01. The van der Waals surface area contributed by atoms with E-state index >= 15 is 0 Å². The van der Waals surface area contributed by atoms with Gasteiger partial charge in [0.25, 0.3) is 0 Å². The number of nitrogens with one attached hydrogen (secondary N) is 1. The lowest BCUT2D eigenvalue weighted by Crippen LogP contribution is -2.33. The van der Waals surface area contributed by atoms with Crippen LogP contribution in [0.25, 0.3) is 88.0 Å². The molecule has 324 valence electrons. The first-order valence-electron chi connectivity index (χ1n) is 23.2. The Morgan fingerprint density at radius 1 is 0.391 bits per heavy atom. The lowest BCUT2D eigenvalue weighted by Gasteiger charge is -2.26. The molecule has 2 heterocycles. The maximum Gasteiger partial charge on any atom is 0.188 e. The molecule has 1 aliphatic heterocycles. The standard InChI is InChI=1S/C64H43N5/c1-65-54-36-38-60-58(42-54)57-39-52(45-21-11-4-12-22-45)35-37-59(57)69(60)61-55(48-23-13-5-14-24-48)40-53(41-56(61)49-25-15-6-16-26-49)64-67-62(50-31-27-46(28-32-50)43-17-7-2-8-18-43)66-63(68-64)51-33-29-47(30-34-51)44-19-9-3-10-20-44/h2-42,62H,(H,66,67,68). The molecule has 0 saturated heterocycles. The summed E-state index contributed by atoms with van der Waals surface area (Å²) in [5.41, 5.74) is 17.7. The number of aromatic nitrogens is 1. The second kappa shape index (κ2) is 17.8. The van der Waals surface area contributed by atoms with Gasteiger partial charge in [-0.2, -0.15) is 0 Å². The fraction of sp³-hybridized carbons (Fsp3) is 0.0156. The van der Waals surface area contributed by atoms with Crippen LogP contribution in [-0.4, -0.2) is 16.2 Å². The van der Waals surface area contributed by atoms with E-state index in [0.29, 0.717) is 11.5 Å². The van der Waals surface area contributed by atoms with Gasteiger partial charge in [-0.05, 0) is 91.9 Å². The van der Waals surface area contributed by atoms with Gasteiger partial charge < -0.3 is 9.88 Å². The molecular formula is C64H43N5. The van der Waals surface area contributed by atoms with Crippen LogP contribution in [0, 0.1) is 6.57 Å². The molecule has 11 aromatic rings. The fourth-order valence-corrected chi connectivity index (χ4v) is 9.65. The smallest absolute Gasteiger partial charge is 0.188 e. The van der Waals surface area contributed by atoms with Crippen molar-refractivity contribution in [2.75, 3.05) is 0 Å². The van der Waals surface area contributed by atoms with Crippen molar-refractivity contribution < 1.29 is 0 Å². The molecule has 1 aliphatic rings. The van der Waals surface area contributed by atoms with Gasteiger partial charge in [0.05, 0.1) is 23.3 Å². The molecule has 0 aliphatic carbocycles. The largest absolute Gasteiger partial charge is 0.344 e. The fourth-order valence-electron chi connectivity index (χ4n) is 9.65. The Hall–Kier alpha value is -9.37. The number of rotatable bonds is 9. The molecule has 0 spiro atoms. The highest BCUT2D eigenvalue weighted by molar-refractivity contribution is 6.16. The Bertz CT molecular complexity index is 3700. The Balaban J connectivity index is 1.08. The third-order valence-electron chi connectivity index (χ3n) is 13.1. The molecule has 10 aromatic carbocycles. The molecule has 69 heavy (non-hydrogen) atoms. The Morgan fingerprint density at radius 2 is 0.812 bits per heavy atom. The quantitative estimate of drug-likeness (QED) is 0.144. The molecule has 1 unspecified atom stereocenters.